The maximum atomic E-state index is 12.2. The van der Waals surface area contributed by atoms with E-state index in [9.17, 15) is 4.79 Å². The van der Waals surface area contributed by atoms with Gasteiger partial charge in [-0.2, -0.15) is 5.10 Å². The van der Waals surface area contributed by atoms with Crippen LogP contribution in [0.25, 0.3) is 0 Å². The number of nitrogens with zero attached hydrogens (tertiary/aromatic N) is 2. The zero-order chi connectivity index (χ0) is 14.7. The quantitative estimate of drug-likeness (QED) is 0.918. The molecule has 2 aromatic rings. The van der Waals surface area contributed by atoms with E-state index in [1.807, 2.05) is 31.2 Å². The van der Waals surface area contributed by atoms with Crippen LogP contribution in [0.4, 0.5) is 0 Å². The minimum atomic E-state index is 0.107. The van der Waals surface area contributed by atoms with Gasteiger partial charge in [-0.05, 0) is 18.1 Å². The third-order valence-corrected chi connectivity index (χ3v) is 3.84. The predicted molar refractivity (Wildman–Crippen MR) is 79.7 cm³/mol. The molecule has 0 aliphatic heterocycles. The van der Waals surface area contributed by atoms with E-state index in [2.05, 4.69) is 5.10 Å². The summed E-state index contributed by atoms with van der Waals surface area (Å²) in [4.78, 5) is 12.2. The van der Waals surface area contributed by atoms with Gasteiger partial charge in [0.1, 0.15) is 5.78 Å². The first-order valence-electron chi connectivity index (χ1n) is 6.49. The number of rotatable bonds is 5. The van der Waals surface area contributed by atoms with Gasteiger partial charge in [0.05, 0.1) is 22.8 Å². The molecule has 0 aliphatic rings. The fraction of sp³-hybridized carbons (Fsp3) is 0.333. The number of halogens is 1. The molecule has 20 heavy (non-hydrogen) atoms. The first kappa shape index (κ1) is 14.8. The lowest BCUT2D eigenvalue weighted by Gasteiger charge is -2.07. The maximum Gasteiger partial charge on any atom is 0.143 e. The number of aromatic nitrogens is 2. The largest absolute Gasteiger partial charge is 0.326 e. The Morgan fingerprint density at radius 2 is 1.95 bits per heavy atom. The van der Waals surface area contributed by atoms with Crippen LogP contribution in [-0.2, 0) is 31.2 Å². The molecule has 0 bridgehead atoms. The summed E-state index contributed by atoms with van der Waals surface area (Å²) in [6.45, 7) is 2.27. The predicted octanol–water partition coefficient (Wildman–Crippen LogP) is 2.19. The third-order valence-electron chi connectivity index (χ3n) is 3.35. The highest BCUT2D eigenvalue weighted by molar-refractivity contribution is 6.32. The topological polar surface area (TPSA) is 60.9 Å². The van der Waals surface area contributed by atoms with E-state index in [0.717, 1.165) is 22.5 Å². The van der Waals surface area contributed by atoms with Crippen molar-refractivity contribution >= 4 is 17.4 Å². The fourth-order valence-corrected chi connectivity index (χ4v) is 2.49. The summed E-state index contributed by atoms with van der Waals surface area (Å²) in [5, 5.41) is 4.79. The molecule has 106 valence electrons. The van der Waals surface area contributed by atoms with Gasteiger partial charge in [0.15, 0.2) is 0 Å². The Kier molecular flexibility index (Phi) is 4.57. The summed E-state index contributed by atoms with van der Waals surface area (Å²) in [5.41, 5.74) is 9.19. The molecular formula is C15H18ClN3O. The summed E-state index contributed by atoms with van der Waals surface area (Å²) in [5.74, 6) is 0.107. The molecule has 0 atom stereocenters. The molecule has 1 aromatic carbocycles. The summed E-state index contributed by atoms with van der Waals surface area (Å²) in [6, 6.07) is 7.74. The van der Waals surface area contributed by atoms with Gasteiger partial charge in [-0.1, -0.05) is 35.9 Å². The lowest BCUT2D eigenvalue weighted by atomic mass is 10.0. The molecule has 0 aliphatic carbocycles. The molecule has 0 fully saturated rings. The Hall–Kier alpha value is -1.65. The van der Waals surface area contributed by atoms with Crippen molar-refractivity contribution in [2.45, 2.75) is 26.3 Å². The van der Waals surface area contributed by atoms with E-state index < -0.39 is 0 Å². The Bertz CT molecular complexity index is 634. The Morgan fingerprint density at radius 1 is 1.30 bits per heavy atom. The van der Waals surface area contributed by atoms with Crippen LogP contribution in [0.1, 0.15) is 22.5 Å². The Morgan fingerprint density at radius 3 is 2.50 bits per heavy atom. The zero-order valence-electron chi connectivity index (χ0n) is 11.7. The number of carbonyl (C=O) groups excluding carboxylic acids is 1. The number of carbonyl (C=O) groups is 1. The average molecular weight is 292 g/mol. The molecule has 0 saturated heterocycles. The van der Waals surface area contributed by atoms with Gasteiger partial charge in [0.2, 0.25) is 0 Å². The third kappa shape index (κ3) is 3.08. The molecule has 5 heteroatoms. The van der Waals surface area contributed by atoms with Gasteiger partial charge in [-0.15, -0.1) is 0 Å². The summed E-state index contributed by atoms with van der Waals surface area (Å²) in [6.07, 6.45) is 0.656. The highest BCUT2D eigenvalue weighted by Gasteiger charge is 2.15. The van der Waals surface area contributed by atoms with E-state index in [4.69, 9.17) is 17.3 Å². The van der Waals surface area contributed by atoms with Gasteiger partial charge in [0.25, 0.3) is 0 Å². The summed E-state index contributed by atoms with van der Waals surface area (Å²) in [7, 11) is 1.80. The van der Waals surface area contributed by atoms with Crippen molar-refractivity contribution in [1.29, 1.82) is 0 Å². The van der Waals surface area contributed by atoms with E-state index in [-0.39, 0.29) is 12.2 Å². The molecule has 1 heterocycles. The molecule has 0 spiro atoms. The highest BCUT2D eigenvalue weighted by atomic mass is 35.5. The molecule has 2 rings (SSSR count). The summed E-state index contributed by atoms with van der Waals surface area (Å²) >= 11 is 6.16. The molecule has 0 radical (unpaired) electrons. The highest BCUT2D eigenvalue weighted by Crippen LogP contribution is 2.20. The first-order valence-corrected chi connectivity index (χ1v) is 6.87. The number of benzene rings is 1. The monoisotopic (exact) mass is 291 g/mol. The average Bonchev–Trinajstić information content (AvgIpc) is 2.66. The number of aryl methyl sites for hydroxylation is 2. The second kappa shape index (κ2) is 6.20. The number of hydrogen-bond acceptors (Lipinski definition) is 3. The second-order valence-electron chi connectivity index (χ2n) is 4.83. The maximum absolute atomic E-state index is 12.2. The van der Waals surface area contributed by atoms with Crippen LogP contribution in [0.3, 0.4) is 0 Å². The van der Waals surface area contributed by atoms with Crippen LogP contribution in [-0.4, -0.2) is 15.6 Å². The van der Waals surface area contributed by atoms with Crippen molar-refractivity contribution in [2.75, 3.05) is 0 Å². The molecule has 0 amide bonds. The van der Waals surface area contributed by atoms with Gasteiger partial charge >= 0.3 is 0 Å². The van der Waals surface area contributed by atoms with Crippen molar-refractivity contribution in [3.05, 3.63) is 51.8 Å². The molecule has 1 aromatic heterocycles. The van der Waals surface area contributed by atoms with E-state index in [0.29, 0.717) is 18.0 Å². The van der Waals surface area contributed by atoms with E-state index in [1.165, 1.54) is 0 Å². The smallest absolute Gasteiger partial charge is 0.143 e. The van der Waals surface area contributed by atoms with Crippen LogP contribution >= 0.6 is 11.6 Å². The number of Topliss-reactive ketones (excluding diaryl/α,β-unsaturated/α-hetero) is 1. The van der Waals surface area contributed by atoms with Crippen LogP contribution in [0.5, 0.6) is 0 Å². The molecule has 4 nitrogen and oxygen atoms in total. The van der Waals surface area contributed by atoms with Crippen LogP contribution in [0.2, 0.25) is 5.02 Å². The molecule has 2 N–H and O–H groups in total. The second-order valence-corrected chi connectivity index (χ2v) is 5.21. The normalized spacial score (nSPS) is 10.8. The lowest BCUT2D eigenvalue weighted by Crippen LogP contribution is -2.12. The van der Waals surface area contributed by atoms with Crippen LogP contribution in [0, 0.1) is 6.92 Å². The number of nitrogens with two attached hydrogens (primary N) is 1. The zero-order valence-corrected chi connectivity index (χ0v) is 12.4. The van der Waals surface area contributed by atoms with E-state index in [1.54, 1.807) is 11.7 Å². The number of ketones is 1. The molecular weight excluding hydrogens is 274 g/mol. The first-order chi connectivity index (χ1) is 9.52. The van der Waals surface area contributed by atoms with E-state index >= 15 is 0 Å². The van der Waals surface area contributed by atoms with Crippen molar-refractivity contribution in [2.24, 2.45) is 12.8 Å². The van der Waals surface area contributed by atoms with Crippen LogP contribution in [0.15, 0.2) is 24.3 Å². The number of hydrogen-bond donors (Lipinski definition) is 1. The lowest BCUT2D eigenvalue weighted by molar-refractivity contribution is -0.117. The Labute approximate surface area is 123 Å². The Balaban J connectivity index is 2.13. The van der Waals surface area contributed by atoms with Gasteiger partial charge in [-0.3, -0.25) is 9.48 Å². The SMILES string of the molecule is Cc1nn(C)c(CC(=O)Cc2ccccc2CN)c1Cl. The fourth-order valence-electron chi connectivity index (χ4n) is 2.26. The van der Waals surface area contributed by atoms with Crippen molar-refractivity contribution < 1.29 is 4.79 Å². The minimum Gasteiger partial charge on any atom is -0.326 e. The standard InChI is InChI=1S/C15H18ClN3O/c1-10-15(16)14(19(2)18-10)8-13(20)7-11-5-3-4-6-12(11)9-17/h3-6H,7-9,17H2,1-2H3. The van der Waals surface area contributed by atoms with Crippen molar-refractivity contribution in [3.63, 3.8) is 0 Å². The summed E-state index contributed by atoms with van der Waals surface area (Å²) < 4.78 is 1.67. The van der Waals surface area contributed by atoms with Crippen LogP contribution < -0.4 is 5.73 Å². The van der Waals surface area contributed by atoms with Gasteiger partial charge in [0, 0.05) is 20.0 Å². The minimum absolute atomic E-state index is 0.107. The molecule has 0 saturated carbocycles. The molecule has 0 unspecified atom stereocenters. The van der Waals surface area contributed by atoms with Gasteiger partial charge in [-0.25, -0.2) is 0 Å². The van der Waals surface area contributed by atoms with Crippen molar-refractivity contribution in [3.8, 4) is 0 Å². The van der Waals surface area contributed by atoms with Gasteiger partial charge < -0.3 is 5.73 Å². The van der Waals surface area contributed by atoms with Crippen molar-refractivity contribution in [1.82, 2.24) is 9.78 Å².